The van der Waals surface area contributed by atoms with E-state index in [0.717, 1.165) is 4.90 Å². The molecule has 1 atom stereocenters. The second-order valence-corrected chi connectivity index (χ2v) is 6.94. The van der Waals surface area contributed by atoms with Gasteiger partial charge in [-0.15, -0.1) is 0 Å². The van der Waals surface area contributed by atoms with E-state index in [-0.39, 0.29) is 28.6 Å². The van der Waals surface area contributed by atoms with Crippen LogP contribution in [-0.4, -0.2) is 34.5 Å². The molecule has 0 unspecified atom stereocenters. The van der Waals surface area contributed by atoms with Crippen LogP contribution in [0.15, 0.2) is 48.5 Å². The fourth-order valence-corrected chi connectivity index (χ4v) is 3.23. The molecule has 0 saturated heterocycles. The Kier molecular flexibility index (Phi) is 5.40. The normalized spacial score (nSPS) is 14.2. The lowest BCUT2D eigenvalue weighted by Crippen LogP contribution is -2.49. The number of rotatable bonds is 6. The molecule has 3 rings (SSSR count). The number of esters is 1. The van der Waals surface area contributed by atoms with E-state index in [9.17, 15) is 19.2 Å². The van der Waals surface area contributed by atoms with E-state index in [0.29, 0.717) is 12.0 Å². The number of carbonyl (C=O) groups is 4. The zero-order chi connectivity index (χ0) is 20.4. The number of Topliss-reactive ketones (excluding diaryl/α,β-unsaturated/α-hetero) is 1. The van der Waals surface area contributed by atoms with Gasteiger partial charge in [0.05, 0.1) is 11.1 Å². The summed E-state index contributed by atoms with van der Waals surface area (Å²) in [5.41, 5.74) is 1.10. The first-order valence-corrected chi connectivity index (χ1v) is 9.17. The SMILES string of the molecule is CCC(=O)c1ccc(OC(=O)[C@H](C(C)C)N2C(=O)c3ccccc3C2=O)cc1. The number of hydrogen-bond acceptors (Lipinski definition) is 5. The molecule has 0 aromatic heterocycles. The van der Waals surface area contributed by atoms with Crippen LogP contribution in [0.3, 0.4) is 0 Å². The Morgan fingerprint density at radius 2 is 1.46 bits per heavy atom. The van der Waals surface area contributed by atoms with Crippen molar-refractivity contribution in [3.63, 3.8) is 0 Å². The first kappa shape index (κ1) is 19.5. The van der Waals surface area contributed by atoms with Gasteiger partial charge >= 0.3 is 5.97 Å². The van der Waals surface area contributed by atoms with Crippen molar-refractivity contribution in [2.24, 2.45) is 5.92 Å². The molecule has 144 valence electrons. The Hall–Kier alpha value is -3.28. The number of benzene rings is 2. The van der Waals surface area contributed by atoms with Crippen molar-refractivity contribution < 1.29 is 23.9 Å². The number of hydrogen-bond donors (Lipinski definition) is 0. The van der Waals surface area contributed by atoms with Gasteiger partial charge in [-0.1, -0.05) is 32.9 Å². The number of amides is 2. The fourth-order valence-electron chi connectivity index (χ4n) is 3.23. The standard InChI is InChI=1S/C22H21NO5/c1-4-18(24)14-9-11-15(12-10-14)28-22(27)19(13(2)3)23-20(25)16-7-5-6-8-17(16)21(23)26/h5-13,19H,4H2,1-3H3/t19-/m0/s1. The van der Waals surface area contributed by atoms with Gasteiger partial charge < -0.3 is 4.74 Å². The molecule has 0 N–H and O–H groups in total. The summed E-state index contributed by atoms with van der Waals surface area (Å²) in [5, 5.41) is 0. The van der Waals surface area contributed by atoms with Crippen LogP contribution in [0.4, 0.5) is 0 Å². The maximum atomic E-state index is 12.8. The van der Waals surface area contributed by atoms with Crippen molar-refractivity contribution in [2.75, 3.05) is 0 Å². The summed E-state index contributed by atoms with van der Waals surface area (Å²) in [4.78, 5) is 51.0. The van der Waals surface area contributed by atoms with Gasteiger partial charge in [-0.05, 0) is 42.3 Å². The number of ether oxygens (including phenoxy) is 1. The van der Waals surface area contributed by atoms with Crippen LogP contribution in [-0.2, 0) is 4.79 Å². The van der Waals surface area contributed by atoms with Crippen LogP contribution >= 0.6 is 0 Å². The second kappa shape index (κ2) is 7.76. The van der Waals surface area contributed by atoms with E-state index < -0.39 is 23.8 Å². The Morgan fingerprint density at radius 1 is 0.929 bits per heavy atom. The Bertz CT molecular complexity index is 911. The van der Waals surface area contributed by atoms with Crippen LogP contribution in [0.2, 0.25) is 0 Å². The molecule has 2 amide bonds. The van der Waals surface area contributed by atoms with Crippen molar-refractivity contribution in [2.45, 2.75) is 33.2 Å². The molecular formula is C22H21NO5. The van der Waals surface area contributed by atoms with Crippen LogP contribution in [0, 0.1) is 5.92 Å². The zero-order valence-electron chi connectivity index (χ0n) is 16.0. The van der Waals surface area contributed by atoms with E-state index in [1.165, 1.54) is 12.1 Å². The molecule has 1 aliphatic rings. The van der Waals surface area contributed by atoms with Crippen LogP contribution < -0.4 is 4.74 Å². The molecule has 0 radical (unpaired) electrons. The Balaban J connectivity index is 1.83. The van der Waals surface area contributed by atoms with Crippen LogP contribution in [0.25, 0.3) is 0 Å². The second-order valence-electron chi connectivity index (χ2n) is 6.94. The van der Waals surface area contributed by atoms with Gasteiger partial charge in [-0.25, -0.2) is 4.79 Å². The molecule has 2 aromatic carbocycles. The van der Waals surface area contributed by atoms with Gasteiger partial charge in [0.1, 0.15) is 11.8 Å². The number of ketones is 1. The highest BCUT2D eigenvalue weighted by atomic mass is 16.5. The van der Waals surface area contributed by atoms with Gasteiger partial charge in [0, 0.05) is 12.0 Å². The minimum Gasteiger partial charge on any atom is -0.425 e. The fraction of sp³-hybridized carbons (Fsp3) is 0.273. The Labute approximate surface area is 163 Å². The molecule has 0 spiro atoms. The molecule has 0 saturated carbocycles. The first-order valence-electron chi connectivity index (χ1n) is 9.17. The summed E-state index contributed by atoms with van der Waals surface area (Å²) in [6.07, 6.45) is 0.383. The van der Waals surface area contributed by atoms with Crippen molar-refractivity contribution in [1.29, 1.82) is 0 Å². The molecule has 0 fully saturated rings. The maximum Gasteiger partial charge on any atom is 0.335 e. The highest BCUT2D eigenvalue weighted by molar-refractivity contribution is 6.22. The number of fused-ring (bicyclic) bond motifs is 1. The van der Waals surface area contributed by atoms with Crippen molar-refractivity contribution in [3.8, 4) is 5.75 Å². The zero-order valence-corrected chi connectivity index (χ0v) is 16.0. The molecule has 2 aromatic rings. The minimum atomic E-state index is -1.05. The molecule has 6 heteroatoms. The predicted octanol–water partition coefficient (Wildman–Crippen LogP) is 3.51. The number of nitrogens with zero attached hydrogens (tertiary/aromatic N) is 1. The summed E-state index contributed by atoms with van der Waals surface area (Å²) in [6, 6.07) is 11.7. The maximum absolute atomic E-state index is 12.8. The van der Waals surface area contributed by atoms with Crippen LogP contribution in [0.1, 0.15) is 58.3 Å². The lowest BCUT2D eigenvalue weighted by Gasteiger charge is -2.27. The van der Waals surface area contributed by atoms with Gasteiger partial charge in [0.15, 0.2) is 5.78 Å². The number of imide groups is 1. The summed E-state index contributed by atoms with van der Waals surface area (Å²) in [5.74, 6) is -1.79. The van der Waals surface area contributed by atoms with Gasteiger partial charge in [-0.2, -0.15) is 0 Å². The summed E-state index contributed by atoms with van der Waals surface area (Å²) in [7, 11) is 0. The van der Waals surface area contributed by atoms with E-state index >= 15 is 0 Å². The number of carbonyl (C=O) groups excluding carboxylic acids is 4. The molecule has 6 nitrogen and oxygen atoms in total. The minimum absolute atomic E-state index is 0.0102. The third kappa shape index (κ3) is 3.45. The van der Waals surface area contributed by atoms with Gasteiger partial charge in [-0.3, -0.25) is 19.3 Å². The van der Waals surface area contributed by atoms with E-state index in [1.54, 1.807) is 57.2 Å². The highest BCUT2D eigenvalue weighted by Crippen LogP contribution is 2.28. The van der Waals surface area contributed by atoms with Crippen LogP contribution in [0.5, 0.6) is 5.75 Å². The van der Waals surface area contributed by atoms with E-state index in [2.05, 4.69) is 0 Å². The Morgan fingerprint density at radius 3 is 1.93 bits per heavy atom. The van der Waals surface area contributed by atoms with Gasteiger partial charge in [0.25, 0.3) is 11.8 Å². The molecule has 0 aliphatic carbocycles. The third-order valence-corrected chi connectivity index (χ3v) is 4.69. The first-order chi connectivity index (χ1) is 13.3. The quantitative estimate of drug-likeness (QED) is 0.332. The highest BCUT2D eigenvalue weighted by Gasteiger charge is 2.44. The monoisotopic (exact) mass is 379 g/mol. The van der Waals surface area contributed by atoms with Crippen molar-refractivity contribution in [1.82, 2.24) is 4.90 Å². The topological polar surface area (TPSA) is 80.8 Å². The molecule has 1 heterocycles. The largest absolute Gasteiger partial charge is 0.425 e. The third-order valence-electron chi connectivity index (χ3n) is 4.69. The predicted molar refractivity (Wildman–Crippen MR) is 102 cm³/mol. The molecule has 1 aliphatic heterocycles. The lowest BCUT2D eigenvalue weighted by molar-refractivity contribution is -0.140. The average Bonchev–Trinajstić information content (AvgIpc) is 2.93. The summed E-state index contributed by atoms with van der Waals surface area (Å²) >= 11 is 0. The lowest BCUT2D eigenvalue weighted by atomic mass is 10.0. The van der Waals surface area contributed by atoms with E-state index in [4.69, 9.17) is 4.74 Å². The van der Waals surface area contributed by atoms with Crippen molar-refractivity contribution in [3.05, 3.63) is 65.2 Å². The summed E-state index contributed by atoms with van der Waals surface area (Å²) < 4.78 is 5.42. The van der Waals surface area contributed by atoms with Gasteiger partial charge in [0.2, 0.25) is 0 Å². The summed E-state index contributed by atoms with van der Waals surface area (Å²) in [6.45, 7) is 5.27. The molecule has 0 bridgehead atoms. The van der Waals surface area contributed by atoms with Crippen molar-refractivity contribution >= 4 is 23.6 Å². The van der Waals surface area contributed by atoms with E-state index in [1.807, 2.05) is 0 Å². The molecular weight excluding hydrogens is 358 g/mol. The smallest absolute Gasteiger partial charge is 0.335 e. The molecule has 28 heavy (non-hydrogen) atoms. The average molecular weight is 379 g/mol.